The largest absolute Gasteiger partial charge is 0.488 e. The lowest BCUT2D eigenvalue weighted by Crippen LogP contribution is -2.21. The molecule has 0 aromatic carbocycles. The van der Waals surface area contributed by atoms with Gasteiger partial charge in [-0.3, -0.25) is 4.79 Å². The van der Waals surface area contributed by atoms with Gasteiger partial charge in [0.15, 0.2) is 12.4 Å². The molecular weight excluding hydrogens is 212 g/mol. The molecule has 1 amide bonds. The van der Waals surface area contributed by atoms with E-state index in [4.69, 9.17) is 9.47 Å². The Morgan fingerprint density at radius 3 is 3.06 bits per heavy atom. The molecule has 1 atom stereocenters. The molecule has 1 aliphatic heterocycles. The van der Waals surface area contributed by atoms with Crippen molar-refractivity contribution in [3.8, 4) is 5.75 Å². The topological polar surface area (TPSA) is 77.5 Å². The molecule has 2 rings (SSSR count). The zero-order valence-corrected chi connectivity index (χ0v) is 8.38. The van der Waals surface area contributed by atoms with Crippen LogP contribution in [0.15, 0.2) is 18.3 Å². The summed E-state index contributed by atoms with van der Waals surface area (Å²) in [6.07, 6.45) is 1.40. The van der Waals surface area contributed by atoms with Crippen LogP contribution in [0.25, 0.3) is 0 Å². The van der Waals surface area contributed by atoms with Gasteiger partial charge in [-0.1, -0.05) is 0 Å². The zero-order valence-electron chi connectivity index (χ0n) is 8.38. The van der Waals surface area contributed by atoms with Crippen molar-refractivity contribution in [2.24, 2.45) is 0 Å². The summed E-state index contributed by atoms with van der Waals surface area (Å²) in [7, 11) is 0. The third kappa shape index (κ3) is 2.47. The number of hydrogen-bond acceptors (Lipinski definition) is 5. The minimum atomic E-state index is -0.428. The molecule has 84 valence electrons. The number of aromatic nitrogens is 1. The van der Waals surface area contributed by atoms with Crippen LogP contribution in [0.2, 0.25) is 0 Å². The van der Waals surface area contributed by atoms with Crippen molar-refractivity contribution in [1.29, 1.82) is 0 Å². The number of nitrogens with zero attached hydrogens (tertiary/aromatic N) is 1. The summed E-state index contributed by atoms with van der Waals surface area (Å²) < 4.78 is 10.2. The summed E-state index contributed by atoms with van der Waals surface area (Å²) in [5.74, 6) is 0.536. The van der Waals surface area contributed by atoms with Crippen molar-refractivity contribution in [2.45, 2.75) is 6.10 Å². The molecule has 1 aromatic rings. The van der Waals surface area contributed by atoms with Gasteiger partial charge in [0.1, 0.15) is 18.1 Å². The van der Waals surface area contributed by atoms with Gasteiger partial charge >= 0.3 is 6.09 Å². The fourth-order valence-electron chi connectivity index (χ4n) is 1.26. The van der Waals surface area contributed by atoms with Gasteiger partial charge in [-0.25, -0.2) is 9.78 Å². The van der Waals surface area contributed by atoms with E-state index in [1.54, 1.807) is 12.1 Å². The van der Waals surface area contributed by atoms with Crippen LogP contribution in [-0.2, 0) is 4.74 Å². The number of cyclic esters (lactones) is 1. The molecule has 16 heavy (non-hydrogen) atoms. The van der Waals surface area contributed by atoms with E-state index >= 15 is 0 Å². The minimum Gasteiger partial charge on any atom is -0.488 e. The van der Waals surface area contributed by atoms with Crippen molar-refractivity contribution in [2.75, 3.05) is 13.2 Å². The number of carbonyl (C=O) groups excluding carboxylic acids is 2. The van der Waals surface area contributed by atoms with Gasteiger partial charge in [0.2, 0.25) is 0 Å². The molecule has 1 aliphatic rings. The molecule has 1 saturated heterocycles. The van der Waals surface area contributed by atoms with E-state index in [1.807, 2.05) is 0 Å². The summed E-state index contributed by atoms with van der Waals surface area (Å²) in [5.41, 5.74) is 0.348. The Hall–Kier alpha value is -2.11. The van der Waals surface area contributed by atoms with Crippen LogP contribution in [0.1, 0.15) is 10.5 Å². The second kappa shape index (κ2) is 4.61. The van der Waals surface area contributed by atoms with Gasteiger partial charge in [0.25, 0.3) is 0 Å². The van der Waals surface area contributed by atoms with E-state index in [1.165, 1.54) is 6.20 Å². The first kappa shape index (κ1) is 10.4. The number of aldehydes is 1. The fraction of sp³-hybridized carbons (Fsp3) is 0.300. The molecule has 1 fully saturated rings. The highest BCUT2D eigenvalue weighted by atomic mass is 16.6. The number of carbonyl (C=O) groups is 2. The van der Waals surface area contributed by atoms with Crippen LogP contribution in [-0.4, -0.2) is 36.6 Å². The van der Waals surface area contributed by atoms with Crippen LogP contribution in [0.5, 0.6) is 5.75 Å². The van der Waals surface area contributed by atoms with Gasteiger partial charge in [0.05, 0.1) is 12.7 Å². The van der Waals surface area contributed by atoms with E-state index in [0.717, 1.165) is 0 Å². The van der Waals surface area contributed by atoms with Gasteiger partial charge in [0, 0.05) is 0 Å². The summed E-state index contributed by atoms with van der Waals surface area (Å²) in [6.45, 7) is 0.708. The highest BCUT2D eigenvalue weighted by molar-refractivity contribution is 5.71. The van der Waals surface area contributed by atoms with E-state index < -0.39 is 6.09 Å². The predicted octanol–water partition coefficient (Wildman–Crippen LogP) is 0.381. The Morgan fingerprint density at radius 1 is 1.62 bits per heavy atom. The summed E-state index contributed by atoms with van der Waals surface area (Å²) in [6, 6.07) is 3.20. The van der Waals surface area contributed by atoms with Crippen LogP contribution < -0.4 is 10.1 Å². The Balaban J connectivity index is 1.84. The number of nitrogens with one attached hydrogen (secondary N) is 1. The molecule has 1 unspecified atom stereocenters. The molecule has 0 bridgehead atoms. The molecular formula is C10H10N2O4. The van der Waals surface area contributed by atoms with Gasteiger partial charge in [-0.15, -0.1) is 0 Å². The maximum absolute atomic E-state index is 10.7. The minimum absolute atomic E-state index is 0.265. The van der Waals surface area contributed by atoms with Crippen molar-refractivity contribution < 1.29 is 19.1 Å². The van der Waals surface area contributed by atoms with Gasteiger partial charge < -0.3 is 14.8 Å². The molecule has 6 heteroatoms. The van der Waals surface area contributed by atoms with E-state index in [9.17, 15) is 9.59 Å². The first-order valence-corrected chi connectivity index (χ1v) is 4.76. The van der Waals surface area contributed by atoms with Crippen molar-refractivity contribution in [3.63, 3.8) is 0 Å². The van der Waals surface area contributed by atoms with Gasteiger partial charge in [-0.2, -0.15) is 0 Å². The Labute approximate surface area is 91.6 Å². The average molecular weight is 222 g/mol. The third-order valence-corrected chi connectivity index (χ3v) is 2.06. The van der Waals surface area contributed by atoms with Crippen LogP contribution in [0, 0.1) is 0 Å². The monoisotopic (exact) mass is 222 g/mol. The highest BCUT2D eigenvalue weighted by Gasteiger charge is 2.22. The van der Waals surface area contributed by atoms with Gasteiger partial charge in [-0.05, 0) is 12.1 Å². The lowest BCUT2D eigenvalue weighted by Gasteiger charge is -2.09. The van der Waals surface area contributed by atoms with E-state index in [2.05, 4.69) is 10.3 Å². The van der Waals surface area contributed by atoms with Crippen molar-refractivity contribution in [3.05, 3.63) is 24.0 Å². The Bertz CT molecular complexity index is 390. The fourth-order valence-corrected chi connectivity index (χ4v) is 1.26. The predicted molar refractivity (Wildman–Crippen MR) is 53.4 cm³/mol. The zero-order chi connectivity index (χ0) is 11.4. The third-order valence-electron chi connectivity index (χ3n) is 2.06. The maximum atomic E-state index is 10.7. The van der Waals surface area contributed by atoms with Crippen LogP contribution >= 0.6 is 0 Å². The first-order chi connectivity index (χ1) is 7.78. The molecule has 6 nitrogen and oxygen atoms in total. The standard InChI is InChI=1S/C10H10N2O4/c13-5-7-1-2-8(3-11-7)15-6-9-4-12-10(14)16-9/h1-3,5,9H,4,6H2,(H,12,14). The molecule has 2 heterocycles. The Kier molecular flexibility index (Phi) is 3.00. The summed E-state index contributed by atoms with van der Waals surface area (Å²) in [4.78, 5) is 24.9. The first-order valence-electron chi connectivity index (χ1n) is 4.76. The number of alkyl carbamates (subject to hydrolysis) is 1. The normalized spacial score (nSPS) is 18.8. The van der Waals surface area contributed by atoms with E-state index in [-0.39, 0.29) is 12.7 Å². The molecule has 1 N–H and O–H groups in total. The molecule has 0 aliphatic carbocycles. The molecule has 0 spiro atoms. The van der Waals surface area contributed by atoms with Crippen LogP contribution in [0.3, 0.4) is 0 Å². The molecule has 1 aromatic heterocycles. The molecule has 0 saturated carbocycles. The smallest absolute Gasteiger partial charge is 0.407 e. The SMILES string of the molecule is O=Cc1ccc(OCC2CNC(=O)O2)cn1. The lowest BCUT2D eigenvalue weighted by atomic mass is 10.3. The second-order valence-corrected chi connectivity index (χ2v) is 3.26. The molecule has 0 radical (unpaired) electrons. The van der Waals surface area contributed by atoms with Crippen LogP contribution in [0.4, 0.5) is 4.79 Å². The second-order valence-electron chi connectivity index (χ2n) is 3.26. The van der Waals surface area contributed by atoms with Crippen molar-refractivity contribution in [1.82, 2.24) is 10.3 Å². The number of hydrogen-bond donors (Lipinski definition) is 1. The Morgan fingerprint density at radius 2 is 2.50 bits per heavy atom. The number of pyridine rings is 1. The lowest BCUT2D eigenvalue weighted by molar-refractivity contribution is 0.104. The van der Waals surface area contributed by atoms with E-state index in [0.29, 0.717) is 24.3 Å². The maximum Gasteiger partial charge on any atom is 0.407 e. The summed E-state index contributed by atoms with van der Waals surface area (Å²) >= 11 is 0. The average Bonchev–Trinajstić information content (AvgIpc) is 2.73. The number of amides is 1. The number of ether oxygens (including phenoxy) is 2. The quantitative estimate of drug-likeness (QED) is 0.745. The van der Waals surface area contributed by atoms with Crippen molar-refractivity contribution >= 4 is 12.4 Å². The highest BCUT2D eigenvalue weighted by Crippen LogP contribution is 2.10. The summed E-state index contributed by atoms with van der Waals surface area (Å²) in [5, 5.41) is 2.52. The number of rotatable bonds is 4.